The van der Waals surface area contributed by atoms with Crippen LogP contribution in [0.25, 0.3) is 11.1 Å². The van der Waals surface area contributed by atoms with Crippen molar-refractivity contribution >= 4 is 29.5 Å². The van der Waals surface area contributed by atoms with Crippen LogP contribution in [0.15, 0.2) is 102 Å². The molecule has 268 valence electrons. The normalized spacial score (nSPS) is 18.6. The van der Waals surface area contributed by atoms with Crippen LogP contribution in [-0.4, -0.2) is 46.4 Å². The van der Waals surface area contributed by atoms with Gasteiger partial charge < -0.3 is 30.3 Å². The number of amides is 2. The number of benzene rings is 4. The molecule has 1 fully saturated rings. The van der Waals surface area contributed by atoms with E-state index in [1.807, 2.05) is 66.7 Å². The van der Waals surface area contributed by atoms with Gasteiger partial charge in [-0.05, 0) is 64.9 Å². The van der Waals surface area contributed by atoms with E-state index in [1.165, 1.54) is 6.92 Å². The van der Waals surface area contributed by atoms with Crippen molar-refractivity contribution in [2.75, 3.05) is 12.3 Å². The Balaban J connectivity index is 1.26. The maximum absolute atomic E-state index is 12.6. The average molecular weight is 711 g/mol. The van der Waals surface area contributed by atoms with E-state index < -0.39 is 12.3 Å². The number of unbranched alkanes of at least 4 members (excludes halogenated alkanes) is 2. The Labute approximate surface area is 303 Å². The molecule has 4 atom stereocenters. The Kier molecular flexibility index (Phi) is 13.8. The first-order valence-electron chi connectivity index (χ1n) is 17.4. The molecule has 2 amide bonds. The highest BCUT2D eigenvalue weighted by molar-refractivity contribution is 7.99. The Bertz CT molecular complexity index is 1750. The van der Waals surface area contributed by atoms with Gasteiger partial charge in [-0.2, -0.15) is 0 Å². The van der Waals surface area contributed by atoms with Crippen LogP contribution in [0.5, 0.6) is 0 Å². The Morgan fingerprint density at radius 3 is 2.20 bits per heavy atom. The SMILES string of the molecule is CC(=O)NCCCCCC(=O)NCc1ccccc1-c1ccc(C2OC(CSc3ccc(C(=O)O)cc3)C(C)C(c3ccc(CO)cc3)O2)cc1. The summed E-state index contributed by atoms with van der Waals surface area (Å²) in [4.78, 5) is 35.8. The van der Waals surface area contributed by atoms with Crippen molar-refractivity contribution in [3.8, 4) is 11.1 Å². The molecule has 0 bridgehead atoms. The zero-order chi connectivity index (χ0) is 36.2. The fourth-order valence-corrected chi connectivity index (χ4v) is 7.16. The monoisotopic (exact) mass is 710 g/mol. The van der Waals surface area contributed by atoms with Gasteiger partial charge in [0.05, 0.1) is 24.4 Å². The highest BCUT2D eigenvalue weighted by atomic mass is 32.2. The number of aliphatic hydroxyl groups is 1. The van der Waals surface area contributed by atoms with Crippen molar-refractivity contribution < 1.29 is 34.1 Å². The summed E-state index contributed by atoms with van der Waals surface area (Å²) in [5, 5.41) is 24.7. The van der Waals surface area contributed by atoms with E-state index in [1.54, 1.807) is 23.9 Å². The van der Waals surface area contributed by atoms with Crippen molar-refractivity contribution in [1.29, 1.82) is 0 Å². The van der Waals surface area contributed by atoms with Crippen LogP contribution in [0, 0.1) is 5.92 Å². The predicted octanol–water partition coefficient (Wildman–Crippen LogP) is 7.44. The van der Waals surface area contributed by atoms with E-state index >= 15 is 0 Å². The molecule has 9 nitrogen and oxygen atoms in total. The van der Waals surface area contributed by atoms with Crippen molar-refractivity contribution in [3.63, 3.8) is 0 Å². The smallest absolute Gasteiger partial charge is 0.335 e. The van der Waals surface area contributed by atoms with Crippen LogP contribution in [0.4, 0.5) is 0 Å². The van der Waals surface area contributed by atoms with Crippen LogP contribution in [-0.2, 0) is 32.2 Å². The molecule has 0 radical (unpaired) electrons. The lowest BCUT2D eigenvalue weighted by Gasteiger charge is -2.41. The predicted molar refractivity (Wildman–Crippen MR) is 198 cm³/mol. The number of rotatable bonds is 16. The number of nitrogens with one attached hydrogen (secondary N) is 2. The molecular weight excluding hydrogens is 665 g/mol. The molecule has 5 rings (SSSR count). The molecule has 0 aromatic heterocycles. The quantitative estimate of drug-likeness (QED) is 0.0697. The van der Waals surface area contributed by atoms with Gasteiger partial charge >= 0.3 is 5.97 Å². The third-order valence-corrected chi connectivity index (χ3v) is 10.2. The van der Waals surface area contributed by atoms with Crippen LogP contribution in [0.3, 0.4) is 0 Å². The van der Waals surface area contributed by atoms with Crippen LogP contribution >= 0.6 is 11.8 Å². The molecule has 4 unspecified atom stereocenters. The fraction of sp³-hybridized carbons (Fsp3) is 0.341. The molecule has 0 spiro atoms. The molecule has 4 aromatic rings. The molecule has 51 heavy (non-hydrogen) atoms. The van der Waals surface area contributed by atoms with Gasteiger partial charge in [-0.3, -0.25) is 9.59 Å². The molecule has 1 saturated heterocycles. The van der Waals surface area contributed by atoms with Gasteiger partial charge in [0.2, 0.25) is 11.8 Å². The highest BCUT2D eigenvalue weighted by Crippen LogP contribution is 2.43. The zero-order valence-electron chi connectivity index (χ0n) is 29.0. The number of carboxylic acids is 1. The summed E-state index contributed by atoms with van der Waals surface area (Å²) in [6, 6.07) is 30.9. The molecule has 10 heteroatoms. The molecule has 1 heterocycles. The molecule has 4 N–H and O–H groups in total. The number of carboxylic acid groups (broad SMARTS) is 1. The molecule has 1 aliphatic heterocycles. The summed E-state index contributed by atoms with van der Waals surface area (Å²) in [6.07, 6.45) is 1.90. The minimum absolute atomic E-state index is 0.00560. The summed E-state index contributed by atoms with van der Waals surface area (Å²) in [5.41, 5.74) is 6.03. The Morgan fingerprint density at radius 1 is 0.804 bits per heavy atom. The van der Waals surface area contributed by atoms with Crippen LogP contribution in [0.2, 0.25) is 0 Å². The van der Waals surface area contributed by atoms with Crippen molar-refractivity contribution in [2.45, 2.75) is 76.1 Å². The van der Waals surface area contributed by atoms with Gasteiger partial charge in [0.15, 0.2) is 6.29 Å². The van der Waals surface area contributed by atoms with E-state index in [2.05, 4.69) is 35.8 Å². The molecular formula is C41H46N2O7S. The maximum atomic E-state index is 12.6. The van der Waals surface area contributed by atoms with Gasteiger partial charge in [0.1, 0.15) is 0 Å². The van der Waals surface area contributed by atoms with E-state index in [-0.39, 0.29) is 42.1 Å². The molecule has 0 aliphatic carbocycles. The minimum Gasteiger partial charge on any atom is -0.478 e. The van der Waals surface area contributed by atoms with E-state index in [9.17, 15) is 24.6 Å². The second kappa shape index (κ2) is 18.7. The lowest BCUT2D eigenvalue weighted by atomic mass is 9.91. The second-order valence-electron chi connectivity index (χ2n) is 12.8. The van der Waals surface area contributed by atoms with Gasteiger partial charge in [-0.1, -0.05) is 86.1 Å². The Hall–Kier alpha value is -4.48. The number of carbonyl (C=O) groups excluding carboxylic acids is 2. The highest BCUT2D eigenvalue weighted by Gasteiger charge is 2.38. The summed E-state index contributed by atoms with van der Waals surface area (Å²) < 4.78 is 13.3. The first-order valence-corrected chi connectivity index (χ1v) is 18.4. The summed E-state index contributed by atoms with van der Waals surface area (Å²) in [5.74, 6) is -0.327. The Morgan fingerprint density at radius 2 is 1.51 bits per heavy atom. The van der Waals surface area contributed by atoms with Crippen molar-refractivity contribution in [3.05, 3.63) is 125 Å². The van der Waals surface area contributed by atoms with Crippen molar-refractivity contribution in [1.82, 2.24) is 10.6 Å². The van der Waals surface area contributed by atoms with Gasteiger partial charge in [0.25, 0.3) is 0 Å². The van der Waals surface area contributed by atoms with E-state index in [0.717, 1.165) is 57.5 Å². The number of hydrogen-bond donors (Lipinski definition) is 4. The maximum Gasteiger partial charge on any atom is 0.335 e. The number of aliphatic hydroxyl groups excluding tert-OH is 1. The van der Waals surface area contributed by atoms with Crippen LogP contribution < -0.4 is 10.6 Å². The number of carbonyl (C=O) groups is 3. The summed E-state index contributed by atoms with van der Waals surface area (Å²) >= 11 is 1.62. The van der Waals surface area contributed by atoms with Gasteiger partial charge in [0, 0.05) is 48.6 Å². The van der Waals surface area contributed by atoms with E-state index in [0.29, 0.717) is 25.3 Å². The fourth-order valence-electron chi connectivity index (χ4n) is 6.09. The van der Waals surface area contributed by atoms with Crippen molar-refractivity contribution in [2.24, 2.45) is 5.92 Å². The number of aromatic carboxylic acids is 1. The van der Waals surface area contributed by atoms with E-state index in [4.69, 9.17) is 9.47 Å². The number of thioether (sulfide) groups is 1. The molecule has 1 aliphatic rings. The lowest BCUT2D eigenvalue weighted by molar-refractivity contribution is -0.268. The lowest BCUT2D eigenvalue weighted by Crippen LogP contribution is -2.38. The van der Waals surface area contributed by atoms with Crippen LogP contribution in [0.1, 0.15) is 84.5 Å². The largest absolute Gasteiger partial charge is 0.478 e. The molecule has 4 aromatic carbocycles. The first-order chi connectivity index (χ1) is 24.7. The number of ether oxygens (including phenoxy) is 2. The topological polar surface area (TPSA) is 134 Å². The summed E-state index contributed by atoms with van der Waals surface area (Å²) in [6.45, 7) is 4.64. The van der Waals surface area contributed by atoms with Gasteiger partial charge in [-0.15, -0.1) is 11.8 Å². The zero-order valence-corrected chi connectivity index (χ0v) is 29.9. The third kappa shape index (κ3) is 10.8. The first kappa shape index (κ1) is 37.8. The van der Waals surface area contributed by atoms with Gasteiger partial charge in [-0.25, -0.2) is 4.79 Å². The second-order valence-corrected chi connectivity index (χ2v) is 13.9. The molecule has 0 saturated carbocycles. The average Bonchev–Trinajstić information content (AvgIpc) is 3.15. The number of hydrogen-bond acceptors (Lipinski definition) is 7. The standard InChI is InChI=1S/C41H46N2O7S/c1-27-37(26-51-35-21-19-32(20-22-35)40(47)48)49-41(50-39(27)31-13-11-29(25-44)12-14-31)33-17-15-30(16-18-33)36-9-6-5-8-34(36)24-43-38(46)10-4-3-7-23-42-28(2)45/h5-6,8-9,11-22,27,37,39,41,44H,3-4,7,10,23-26H2,1-2H3,(H,42,45)(H,43,46)(H,47,48). The summed E-state index contributed by atoms with van der Waals surface area (Å²) in [7, 11) is 0. The minimum atomic E-state index is -0.953. The third-order valence-electron chi connectivity index (χ3n) is 9.08.